The van der Waals surface area contributed by atoms with Gasteiger partial charge in [-0.2, -0.15) is 4.98 Å². The second kappa shape index (κ2) is 6.02. The van der Waals surface area contributed by atoms with Gasteiger partial charge in [0, 0.05) is 11.9 Å². The zero-order valence-electron chi connectivity index (χ0n) is 10.7. The Bertz CT molecular complexity index is 829. The van der Waals surface area contributed by atoms with Gasteiger partial charge in [-0.25, -0.2) is 0 Å². The first kappa shape index (κ1) is 15.1. The number of aromatic amines is 1. The highest BCUT2D eigenvalue weighted by Crippen LogP contribution is 2.31. The number of halogens is 1. The number of oxime groups is 1. The molecule has 0 aliphatic rings. The Morgan fingerprint density at radius 3 is 2.90 bits per heavy atom. The first-order chi connectivity index (χ1) is 9.93. The Morgan fingerprint density at radius 1 is 1.52 bits per heavy atom. The second-order valence-electron chi connectivity index (χ2n) is 3.90. The third kappa shape index (κ3) is 3.09. The molecule has 0 aliphatic heterocycles. The van der Waals surface area contributed by atoms with Gasteiger partial charge < -0.3 is 10.9 Å². The molecule has 1 aromatic carbocycles. The smallest absolute Gasteiger partial charge is 0.339 e. The van der Waals surface area contributed by atoms with Crippen LogP contribution in [0.25, 0.3) is 0 Å². The van der Waals surface area contributed by atoms with E-state index in [0.29, 0.717) is 10.5 Å². The number of benzene rings is 1. The van der Waals surface area contributed by atoms with Crippen LogP contribution in [0, 0.1) is 0 Å². The number of nitrogens with two attached hydrogens (primary N) is 1. The average Bonchev–Trinajstić information content (AvgIpc) is 2.44. The molecule has 2 aromatic rings. The summed E-state index contributed by atoms with van der Waals surface area (Å²) < 4.78 is 1.30. The molecule has 0 atom stereocenters. The zero-order chi connectivity index (χ0) is 15.6. The molecule has 0 fully saturated rings. The molecule has 4 N–H and O–H groups in total. The molecule has 10 heteroatoms. The van der Waals surface area contributed by atoms with Crippen molar-refractivity contribution in [3.63, 3.8) is 0 Å². The minimum atomic E-state index is -0.900. The van der Waals surface area contributed by atoms with Crippen LogP contribution < -0.4 is 16.9 Å². The van der Waals surface area contributed by atoms with Gasteiger partial charge in [-0.3, -0.25) is 19.4 Å². The molecular formula is C11H10ClN5O3S. The average molecular weight is 328 g/mol. The van der Waals surface area contributed by atoms with Crippen LogP contribution in [0.1, 0.15) is 5.56 Å². The summed E-state index contributed by atoms with van der Waals surface area (Å²) in [5, 5.41) is 14.6. The Balaban J connectivity index is 2.55. The van der Waals surface area contributed by atoms with E-state index in [-0.39, 0.29) is 16.0 Å². The minimum Gasteiger partial charge on any atom is -0.409 e. The van der Waals surface area contributed by atoms with Crippen molar-refractivity contribution >= 4 is 29.2 Å². The van der Waals surface area contributed by atoms with Gasteiger partial charge in [0.1, 0.15) is 0 Å². The Morgan fingerprint density at radius 2 is 2.24 bits per heavy atom. The van der Waals surface area contributed by atoms with Crippen molar-refractivity contribution in [1.29, 1.82) is 0 Å². The first-order valence-electron chi connectivity index (χ1n) is 5.55. The number of aryl methyl sites for hydroxylation is 1. The fraction of sp³-hybridized carbons (Fsp3) is 0.0909. The van der Waals surface area contributed by atoms with Crippen LogP contribution in [-0.4, -0.2) is 25.8 Å². The molecule has 0 saturated heterocycles. The number of aromatic nitrogens is 3. The maximum absolute atomic E-state index is 11.3. The van der Waals surface area contributed by atoms with E-state index >= 15 is 0 Å². The molecule has 0 amide bonds. The van der Waals surface area contributed by atoms with Crippen LogP contribution in [-0.2, 0) is 7.05 Å². The van der Waals surface area contributed by atoms with Crippen molar-refractivity contribution in [2.45, 2.75) is 10.1 Å². The van der Waals surface area contributed by atoms with E-state index in [2.05, 4.69) is 15.2 Å². The van der Waals surface area contributed by atoms with E-state index in [1.165, 1.54) is 11.7 Å². The molecule has 0 bridgehead atoms. The van der Waals surface area contributed by atoms with Crippen LogP contribution in [0.4, 0.5) is 0 Å². The Hall–Kier alpha value is -2.26. The number of H-pyrrole nitrogens is 1. The maximum Gasteiger partial charge on any atom is 0.339 e. The normalized spacial score (nSPS) is 11.6. The van der Waals surface area contributed by atoms with Crippen molar-refractivity contribution < 1.29 is 5.21 Å². The summed E-state index contributed by atoms with van der Waals surface area (Å²) in [6.45, 7) is 0. The highest BCUT2D eigenvalue weighted by molar-refractivity contribution is 7.99. The molecule has 0 spiro atoms. The summed E-state index contributed by atoms with van der Waals surface area (Å²) in [7, 11) is 1.53. The predicted octanol–water partition coefficient (Wildman–Crippen LogP) is 0.368. The van der Waals surface area contributed by atoms with Gasteiger partial charge >= 0.3 is 11.1 Å². The van der Waals surface area contributed by atoms with Gasteiger partial charge in [0.2, 0.25) is 0 Å². The topological polar surface area (TPSA) is 126 Å². The van der Waals surface area contributed by atoms with Crippen molar-refractivity contribution in [2.24, 2.45) is 17.9 Å². The summed E-state index contributed by atoms with van der Waals surface area (Å²) >= 11 is 7.08. The van der Waals surface area contributed by atoms with E-state index in [0.717, 1.165) is 11.8 Å². The van der Waals surface area contributed by atoms with Gasteiger partial charge in [0.05, 0.1) is 10.6 Å². The van der Waals surface area contributed by atoms with Crippen molar-refractivity contribution in [3.05, 3.63) is 49.5 Å². The zero-order valence-corrected chi connectivity index (χ0v) is 12.3. The van der Waals surface area contributed by atoms with E-state index < -0.39 is 11.1 Å². The summed E-state index contributed by atoms with van der Waals surface area (Å²) in [5.74, 6) is -0.169. The molecule has 0 unspecified atom stereocenters. The first-order valence-corrected chi connectivity index (χ1v) is 6.75. The summed E-state index contributed by atoms with van der Waals surface area (Å²) in [4.78, 5) is 26.7. The second-order valence-corrected chi connectivity index (χ2v) is 5.32. The molecule has 2 rings (SSSR count). The van der Waals surface area contributed by atoms with Gasteiger partial charge in [-0.15, -0.1) is 0 Å². The highest BCUT2D eigenvalue weighted by Gasteiger charge is 2.15. The lowest BCUT2D eigenvalue weighted by Crippen LogP contribution is -2.33. The fourth-order valence-corrected chi connectivity index (χ4v) is 2.84. The molecule has 0 saturated carbocycles. The van der Waals surface area contributed by atoms with E-state index in [4.69, 9.17) is 22.5 Å². The van der Waals surface area contributed by atoms with Crippen molar-refractivity contribution in [2.75, 3.05) is 0 Å². The quantitative estimate of drug-likeness (QED) is 0.246. The lowest BCUT2D eigenvalue weighted by atomic mass is 10.2. The molecule has 0 radical (unpaired) electrons. The monoisotopic (exact) mass is 327 g/mol. The molecule has 1 aromatic heterocycles. The van der Waals surface area contributed by atoms with Crippen molar-refractivity contribution in [1.82, 2.24) is 14.8 Å². The third-order valence-electron chi connectivity index (χ3n) is 2.49. The largest absolute Gasteiger partial charge is 0.409 e. The molecule has 21 heavy (non-hydrogen) atoms. The molecule has 8 nitrogen and oxygen atoms in total. The maximum atomic E-state index is 11.3. The summed E-state index contributed by atoms with van der Waals surface area (Å²) in [5.41, 5.74) is 4.19. The van der Waals surface area contributed by atoms with Crippen LogP contribution in [0.15, 0.2) is 43.0 Å². The number of nitrogens with zero attached hydrogens (tertiary/aromatic N) is 3. The van der Waals surface area contributed by atoms with Crippen LogP contribution >= 0.6 is 23.4 Å². The lowest BCUT2D eigenvalue weighted by Gasteiger charge is -2.10. The highest BCUT2D eigenvalue weighted by atomic mass is 35.5. The summed E-state index contributed by atoms with van der Waals surface area (Å²) in [6.07, 6.45) is 0. The lowest BCUT2D eigenvalue weighted by molar-refractivity contribution is 0.318. The standard InChI is InChI=1S/C11H10ClN5O3S/c1-17-11(14-9(18)10(19)15-17)21-6-4-2-3-5(12)7(6)8(13)16-20/h2-4,20H,1H3,(H2,13,16)(H,15,19). The number of hydrogen-bond donors (Lipinski definition) is 3. The number of amidine groups is 1. The van der Waals surface area contributed by atoms with Crippen molar-refractivity contribution in [3.8, 4) is 0 Å². The fourth-order valence-electron chi connectivity index (χ4n) is 1.54. The van der Waals surface area contributed by atoms with Gasteiger partial charge in [-0.1, -0.05) is 22.8 Å². The molecule has 1 heterocycles. The molecule has 0 aliphatic carbocycles. The van der Waals surface area contributed by atoms with Gasteiger partial charge in [0.15, 0.2) is 11.0 Å². The number of rotatable bonds is 3. The van der Waals surface area contributed by atoms with Crippen LogP contribution in [0.3, 0.4) is 0 Å². The summed E-state index contributed by atoms with van der Waals surface area (Å²) in [6, 6.07) is 4.92. The Labute approximate surface area is 127 Å². The van der Waals surface area contributed by atoms with E-state index in [1.807, 2.05) is 0 Å². The number of nitrogens with one attached hydrogen (secondary N) is 1. The van der Waals surface area contributed by atoms with Crippen LogP contribution in [0.2, 0.25) is 5.02 Å². The number of hydrogen-bond acceptors (Lipinski definition) is 6. The van der Waals surface area contributed by atoms with Crippen LogP contribution in [0.5, 0.6) is 0 Å². The SMILES string of the molecule is Cn1[nH]c(=O)c(=O)nc1Sc1cccc(Cl)c1/C(N)=N/O. The molecule has 110 valence electrons. The minimum absolute atomic E-state index is 0.169. The molecular weight excluding hydrogens is 318 g/mol. The van der Waals surface area contributed by atoms with Gasteiger partial charge in [-0.05, 0) is 23.9 Å². The van der Waals surface area contributed by atoms with E-state index in [9.17, 15) is 9.59 Å². The Kier molecular flexibility index (Phi) is 4.34. The third-order valence-corrected chi connectivity index (χ3v) is 3.91. The van der Waals surface area contributed by atoms with E-state index in [1.54, 1.807) is 18.2 Å². The van der Waals surface area contributed by atoms with Gasteiger partial charge in [0.25, 0.3) is 0 Å². The predicted molar refractivity (Wildman–Crippen MR) is 78.2 cm³/mol.